The summed E-state index contributed by atoms with van der Waals surface area (Å²) in [5, 5.41) is 10.8. The molecule has 0 aliphatic carbocycles. The highest BCUT2D eigenvalue weighted by molar-refractivity contribution is 5.76. The molecule has 6 heteroatoms. The molecule has 0 aliphatic rings. The van der Waals surface area contributed by atoms with Crippen molar-refractivity contribution in [1.82, 2.24) is 4.98 Å². The van der Waals surface area contributed by atoms with Gasteiger partial charge in [0.25, 0.3) is 6.01 Å². The largest absolute Gasteiger partial charge is 0.480 e. The lowest BCUT2D eigenvalue weighted by atomic mass is 10.3. The van der Waals surface area contributed by atoms with Gasteiger partial charge in [0.05, 0.1) is 0 Å². The van der Waals surface area contributed by atoms with Gasteiger partial charge in [-0.05, 0) is 12.1 Å². The van der Waals surface area contributed by atoms with E-state index in [0.717, 1.165) is 0 Å². The number of carbonyl (C=O) groups is 1. The minimum absolute atomic E-state index is 0.00231. The van der Waals surface area contributed by atoms with E-state index in [1.165, 1.54) is 12.1 Å². The number of nitrogens with zero attached hydrogens (tertiary/aromatic N) is 1. The summed E-state index contributed by atoms with van der Waals surface area (Å²) < 4.78 is 18.1. The topological polar surface area (TPSA) is 75.4 Å². The Hall–Kier alpha value is -2.11. The van der Waals surface area contributed by atoms with Crippen molar-refractivity contribution in [3.8, 4) is 0 Å². The van der Waals surface area contributed by atoms with E-state index in [4.69, 9.17) is 9.52 Å². The second kappa shape index (κ2) is 3.56. The zero-order chi connectivity index (χ0) is 10.8. The summed E-state index contributed by atoms with van der Waals surface area (Å²) in [5.41, 5.74) is 0.369. The van der Waals surface area contributed by atoms with Gasteiger partial charge in [-0.25, -0.2) is 4.39 Å². The van der Waals surface area contributed by atoms with Crippen molar-refractivity contribution in [3.05, 3.63) is 24.0 Å². The van der Waals surface area contributed by atoms with Crippen molar-refractivity contribution in [1.29, 1.82) is 0 Å². The van der Waals surface area contributed by atoms with Crippen LogP contribution in [0.4, 0.5) is 10.4 Å². The first-order valence-electron chi connectivity index (χ1n) is 4.17. The van der Waals surface area contributed by atoms with Crippen molar-refractivity contribution >= 4 is 23.1 Å². The highest BCUT2D eigenvalue weighted by Crippen LogP contribution is 2.20. The third-order valence-corrected chi connectivity index (χ3v) is 1.76. The number of halogens is 1. The number of nitrogens with one attached hydrogen (secondary N) is 1. The fraction of sp³-hybridized carbons (Fsp3) is 0.111. The van der Waals surface area contributed by atoms with E-state index in [9.17, 15) is 9.18 Å². The zero-order valence-corrected chi connectivity index (χ0v) is 7.53. The van der Waals surface area contributed by atoms with Crippen LogP contribution in [-0.2, 0) is 4.79 Å². The number of aliphatic carboxylic acids is 1. The number of hydrogen-bond acceptors (Lipinski definition) is 4. The van der Waals surface area contributed by atoms with E-state index in [2.05, 4.69) is 10.3 Å². The Kier molecular flexibility index (Phi) is 2.24. The monoisotopic (exact) mass is 210 g/mol. The molecule has 0 saturated carbocycles. The molecule has 2 N–H and O–H groups in total. The van der Waals surface area contributed by atoms with Crippen molar-refractivity contribution in [2.45, 2.75) is 0 Å². The molecule has 0 unspecified atom stereocenters. The third kappa shape index (κ3) is 1.88. The molecular formula is C9H7FN2O3. The Morgan fingerprint density at radius 3 is 3.07 bits per heavy atom. The van der Waals surface area contributed by atoms with Gasteiger partial charge in [-0.2, -0.15) is 4.98 Å². The minimum atomic E-state index is -1.04. The Morgan fingerprint density at radius 2 is 2.40 bits per heavy atom. The zero-order valence-electron chi connectivity index (χ0n) is 7.53. The molecule has 1 aromatic carbocycles. The fourth-order valence-corrected chi connectivity index (χ4v) is 1.14. The summed E-state index contributed by atoms with van der Waals surface area (Å²) in [6, 6.07) is 4.32. The van der Waals surface area contributed by atoms with Gasteiger partial charge < -0.3 is 14.8 Å². The lowest BCUT2D eigenvalue weighted by Crippen LogP contribution is -2.12. The Bertz CT molecular complexity index is 509. The maximum atomic E-state index is 13.1. The molecule has 0 radical (unpaired) electrons. The van der Waals surface area contributed by atoms with Gasteiger partial charge in [0, 0.05) is 0 Å². The second-order valence-electron chi connectivity index (χ2n) is 2.85. The van der Waals surface area contributed by atoms with E-state index in [1.54, 1.807) is 6.07 Å². The molecule has 15 heavy (non-hydrogen) atoms. The number of hydrogen-bond donors (Lipinski definition) is 2. The van der Waals surface area contributed by atoms with Crippen molar-refractivity contribution in [2.24, 2.45) is 0 Å². The van der Waals surface area contributed by atoms with Gasteiger partial charge in [0.1, 0.15) is 12.1 Å². The van der Waals surface area contributed by atoms with Gasteiger partial charge in [-0.15, -0.1) is 0 Å². The predicted octanol–water partition coefficient (Wildman–Crippen LogP) is 1.46. The molecule has 0 fully saturated rings. The van der Waals surface area contributed by atoms with Gasteiger partial charge in [0.15, 0.2) is 11.4 Å². The normalized spacial score (nSPS) is 10.5. The van der Waals surface area contributed by atoms with Crippen LogP contribution in [0.2, 0.25) is 0 Å². The fourth-order valence-electron chi connectivity index (χ4n) is 1.14. The number of benzene rings is 1. The smallest absolute Gasteiger partial charge is 0.323 e. The molecule has 0 aliphatic heterocycles. The number of carboxylic acids is 1. The third-order valence-electron chi connectivity index (χ3n) is 1.76. The SMILES string of the molecule is O=C(O)CNc1nc2cccc(F)c2o1. The maximum Gasteiger partial charge on any atom is 0.323 e. The summed E-state index contributed by atoms with van der Waals surface area (Å²) in [7, 11) is 0. The number of rotatable bonds is 3. The lowest BCUT2D eigenvalue weighted by Gasteiger charge is -1.93. The van der Waals surface area contributed by atoms with Crippen LogP contribution >= 0.6 is 0 Å². The molecule has 0 bridgehead atoms. The van der Waals surface area contributed by atoms with Gasteiger partial charge in [-0.1, -0.05) is 6.07 Å². The molecular weight excluding hydrogens is 203 g/mol. The average molecular weight is 210 g/mol. The Labute approximate surface area is 83.5 Å². The Balaban J connectivity index is 2.31. The highest BCUT2D eigenvalue weighted by atomic mass is 19.1. The van der Waals surface area contributed by atoms with Crippen LogP contribution in [0.1, 0.15) is 0 Å². The van der Waals surface area contributed by atoms with Gasteiger partial charge in [-0.3, -0.25) is 4.79 Å². The maximum absolute atomic E-state index is 13.1. The van der Waals surface area contributed by atoms with E-state index >= 15 is 0 Å². The molecule has 0 spiro atoms. The molecule has 2 rings (SSSR count). The van der Waals surface area contributed by atoms with Crippen LogP contribution in [0.25, 0.3) is 11.1 Å². The van der Waals surface area contributed by atoms with E-state index < -0.39 is 11.8 Å². The van der Waals surface area contributed by atoms with Crippen LogP contribution in [-0.4, -0.2) is 22.6 Å². The van der Waals surface area contributed by atoms with E-state index in [-0.39, 0.29) is 18.1 Å². The lowest BCUT2D eigenvalue weighted by molar-refractivity contribution is -0.134. The van der Waals surface area contributed by atoms with Crippen LogP contribution in [0.5, 0.6) is 0 Å². The van der Waals surface area contributed by atoms with Crippen molar-refractivity contribution in [3.63, 3.8) is 0 Å². The van der Waals surface area contributed by atoms with Crippen LogP contribution in [0.3, 0.4) is 0 Å². The molecule has 1 aromatic heterocycles. The summed E-state index contributed by atoms with van der Waals surface area (Å²) in [6.45, 7) is -0.325. The highest BCUT2D eigenvalue weighted by Gasteiger charge is 2.09. The number of carboxylic acid groups (broad SMARTS) is 1. The number of aromatic nitrogens is 1. The first kappa shape index (κ1) is 9.45. The van der Waals surface area contributed by atoms with Crippen LogP contribution < -0.4 is 5.32 Å². The average Bonchev–Trinajstić information content (AvgIpc) is 2.59. The number of fused-ring (bicyclic) bond motifs is 1. The number of anilines is 1. The van der Waals surface area contributed by atoms with Gasteiger partial charge in [0.2, 0.25) is 0 Å². The second-order valence-corrected chi connectivity index (χ2v) is 2.85. The summed E-state index contributed by atoms with van der Waals surface area (Å²) in [5.74, 6) is -1.57. The van der Waals surface area contributed by atoms with E-state index in [0.29, 0.717) is 5.52 Å². The molecule has 0 atom stereocenters. The quantitative estimate of drug-likeness (QED) is 0.802. The molecule has 0 saturated heterocycles. The van der Waals surface area contributed by atoms with E-state index in [1.807, 2.05) is 0 Å². The Morgan fingerprint density at radius 1 is 1.60 bits per heavy atom. The molecule has 2 aromatic rings. The van der Waals surface area contributed by atoms with Crippen LogP contribution in [0, 0.1) is 5.82 Å². The first-order chi connectivity index (χ1) is 7.16. The van der Waals surface area contributed by atoms with Gasteiger partial charge >= 0.3 is 5.97 Å². The summed E-state index contributed by atoms with van der Waals surface area (Å²) >= 11 is 0. The minimum Gasteiger partial charge on any atom is -0.480 e. The molecule has 0 amide bonds. The number of para-hydroxylation sites is 1. The molecule has 5 nitrogen and oxygen atoms in total. The van der Waals surface area contributed by atoms with Crippen LogP contribution in [0.15, 0.2) is 22.6 Å². The van der Waals surface area contributed by atoms with Crippen molar-refractivity contribution < 1.29 is 18.7 Å². The van der Waals surface area contributed by atoms with Crippen molar-refractivity contribution in [2.75, 3.05) is 11.9 Å². The summed E-state index contributed by atoms with van der Waals surface area (Å²) in [6.07, 6.45) is 0. The predicted molar refractivity (Wildman–Crippen MR) is 50.1 cm³/mol. The molecule has 1 heterocycles. The standard InChI is InChI=1S/C9H7FN2O3/c10-5-2-1-3-6-8(5)15-9(12-6)11-4-7(13)14/h1-3H,4H2,(H,11,12)(H,13,14). The number of oxazole rings is 1. The summed E-state index contributed by atoms with van der Waals surface area (Å²) in [4.78, 5) is 14.1. The molecule has 78 valence electrons. The first-order valence-corrected chi connectivity index (χ1v) is 4.17.